The third-order valence-electron chi connectivity index (χ3n) is 8.06. The van der Waals surface area contributed by atoms with Crippen LogP contribution in [0.4, 0.5) is 5.69 Å². The number of rotatable bonds is 5. The molecule has 0 radical (unpaired) electrons. The number of hydrogen-bond acceptors (Lipinski definition) is 5. The first kappa shape index (κ1) is 24.8. The Kier molecular flexibility index (Phi) is 7.32. The number of benzene rings is 1. The third kappa shape index (κ3) is 5.01. The number of para-hydroxylation sites is 1. The SMILES string of the molecule is CSc1ncccc1C(=O)N1CCC2(CCN(C(=O)CCC(=O)N3CCCc4ccccc43)C2)CC1. The Labute approximate surface area is 217 Å². The zero-order chi connectivity index (χ0) is 25.1. The number of carbonyl (C=O) groups excluding carboxylic acids is 3. The molecule has 36 heavy (non-hydrogen) atoms. The third-order valence-corrected chi connectivity index (χ3v) is 8.77. The summed E-state index contributed by atoms with van der Waals surface area (Å²) >= 11 is 1.49. The minimum Gasteiger partial charge on any atom is -0.342 e. The molecule has 2 saturated heterocycles. The number of amides is 3. The first-order chi connectivity index (χ1) is 17.5. The molecule has 3 aliphatic rings. The highest BCUT2D eigenvalue weighted by Crippen LogP contribution is 2.41. The first-order valence-electron chi connectivity index (χ1n) is 12.9. The van der Waals surface area contributed by atoms with Gasteiger partial charge in [0.2, 0.25) is 11.8 Å². The molecule has 8 heteroatoms. The van der Waals surface area contributed by atoms with Crippen molar-refractivity contribution < 1.29 is 14.4 Å². The fourth-order valence-electron chi connectivity index (χ4n) is 5.93. The average molecular weight is 507 g/mol. The molecule has 0 aliphatic carbocycles. The molecule has 2 aromatic rings. The lowest BCUT2D eigenvalue weighted by atomic mass is 9.77. The van der Waals surface area contributed by atoms with E-state index in [9.17, 15) is 14.4 Å². The number of aromatic nitrogens is 1. The molecule has 1 spiro atoms. The van der Waals surface area contributed by atoms with Gasteiger partial charge in [0.1, 0.15) is 5.03 Å². The van der Waals surface area contributed by atoms with E-state index in [4.69, 9.17) is 0 Å². The molecule has 7 nitrogen and oxygen atoms in total. The topological polar surface area (TPSA) is 73.8 Å². The van der Waals surface area contributed by atoms with Crippen LogP contribution in [0.15, 0.2) is 47.6 Å². The number of pyridine rings is 1. The molecule has 1 aromatic carbocycles. The molecule has 190 valence electrons. The number of carbonyl (C=O) groups is 3. The zero-order valence-corrected chi connectivity index (χ0v) is 21.8. The van der Waals surface area contributed by atoms with Gasteiger partial charge in [-0.3, -0.25) is 14.4 Å². The molecule has 2 fully saturated rings. The maximum Gasteiger partial charge on any atom is 0.256 e. The molecule has 3 amide bonds. The van der Waals surface area contributed by atoms with Gasteiger partial charge in [0, 0.05) is 57.4 Å². The lowest BCUT2D eigenvalue weighted by Gasteiger charge is -2.39. The van der Waals surface area contributed by atoms with Crippen molar-refractivity contribution in [1.29, 1.82) is 0 Å². The van der Waals surface area contributed by atoms with Gasteiger partial charge in [0.05, 0.1) is 5.56 Å². The summed E-state index contributed by atoms with van der Waals surface area (Å²) in [5.41, 5.74) is 2.96. The summed E-state index contributed by atoms with van der Waals surface area (Å²) in [6, 6.07) is 11.7. The van der Waals surface area contributed by atoms with Crippen LogP contribution < -0.4 is 4.90 Å². The summed E-state index contributed by atoms with van der Waals surface area (Å²) in [5, 5.41) is 0.767. The molecule has 0 unspecified atom stereocenters. The fourth-order valence-corrected chi connectivity index (χ4v) is 6.47. The second-order valence-electron chi connectivity index (χ2n) is 10.2. The van der Waals surface area contributed by atoms with Crippen LogP contribution in [0.3, 0.4) is 0 Å². The standard InChI is InChI=1S/C28H34N4O3S/c1-36-26-22(8-4-15-29-26)27(35)30-17-12-28(13-18-30)14-19-31(20-28)24(33)10-11-25(34)32-16-5-7-21-6-2-3-9-23(21)32/h2-4,6,8-9,15H,5,7,10-14,16-20H2,1H3. The van der Waals surface area contributed by atoms with E-state index in [1.807, 2.05) is 51.3 Å². The van der Waals surface area contributed by atoms with E-state index in [0.717, 1.165) is 62.5 Å². The van der Waals surface area contributed by atoms with Crippen molar-refractivity contribution in [2.24, 2.45) is 5.41 Å². The van der Waals surface area contributed by atoms with Crippen molar-refractivity contribution in [1.82, 2.24) is 14.8 Å². The minimum atomic E-state index is 0.0382. The summed E-state index contributed by atoms with van der Waals surface area (Å²) in [5.74, 6) is 0.159. The van der Waals surface area contributed by atoms with Crippen LogP contribution in [0.25, 0.3) is 0 Å². The molecular weight excluding hydrogens is 472 g/mol. The van der Waals surface area contributed by atoms with Crippen LogP contribution in [-0.2, 0) is 16.0 Å². The number of piperidine rings is 1. The number of thioether (sulfide) groups is 1. The van der Waals surface area contributed by atoms with Gasteiger partial charge in [-0.25, -0.2) is 4.98 Å². The number of aryl methyl sites for hydroxylation is 1. The van der Waals surface area contributed by atoms with Crippen LogP contribution in [0.2, 0.25) is 0 Å². The number of anilines is 1. The lowest BCUT2D eigenvalue weighted by molar-refractivity contribution is -0.132. The molecule has 4 heterocycles. The molecule has 0 N–H and O–H groups in total. The molecule has 5 rings (SSSR count). The Morgan fingerprint density at radius 1 is 0.917 bits per heavy atom. The van der Waals surface area contributed by atoms with Crippen LogP contribution in [0, 0.1) is 5.41 Å². The second kappa shape index (κ2) is 10.6. The Bertz CT molecular complexity index is 1150. The Morgan fingerprint density at radius 3 is 2.42 bits per heavy atom. The molecule has 0 saturated carbocycles. The highest BCUT2D eigenvalue weighted by Gasteiger charge is 2.43. The monoisotopic (exact) mass is 506 g/mol. The largest absolute Gasteiger partial charge is 0.342 e. The van der Waals surface area contributed by atoms with Crippen LogP contribution in [-0.4, -0.2) is 71.5 Å². The molecule has 0 bridgehead atoms. The summed E-state index contributed by atoms with van der Waals surface area (Å²) in [6.45, 7) is 3.61. The fraction of sp³-hybridized carbons (Fsp3) is 0.500. The molecule has 0 atom stereocenters. The molecule has 3 aliphatic heterocycles. The van der Waals surface area contributed by atoms with Gasteiger partial charge >= 0.3 is 0 Å². The van der Waals surface area contributed by atoms with Crippen LogP contribution in [0.5, 0.6) is 0 Å². The van der Waals surface area contributed by atoms with Crippen LogP contribution >= 0.6 is 11.8 Å². The van der Waals surface area contributed by atoms with Crippen molar-refractivity contribution in [3.63, 3.8) is 0 Å². The maximum atomic E-state index is 13.1. The number of likely N-dealkylation sites (tertiary alicyclic amines) is 2. The van der Waals surface area contributed by atoms with E-state index in [0.29, 0.717) is 18.7 Å². The van der Waals surface area contributed by atoms with Crippen molar-refractivity contribution in [2.45, 2.75) is 50.0 Å². The average Bonchev–Trinajstić information content (AvgIpc) is 3.34. The highest BCUT2D eigenvalue weighted by molar-refractivity contribution is 7.98. The number of nitrogens with zero attached hydrogens (tertiary/aromatic N) is 4. The van der Waals surface area contributed by atoms with Gasteiger partial charge in [-0.05, 0) is 67.5 Å². The molecular formula is C28H34N4O3S. The summed E-state index contributed by atoms with van der Waals surface area (Å²) < 4.78 is 0. The van der Waals surface area contributed by atoms with Crippen molar-refractivity contribution in [3.05, 3.63) is 53.7 Å². The summed E-state index contributed by atoms with van der Waals surface area (Å²) in [7, 11) is 0. The van der Waals surface area contributed by atoms with Gasteiger partial charge in [0.25, 0.3) is 5.91 Å². The van der Waals surface area contributed by atoms with E-state index in [2.05, 4.69) is 11.1 Å². The van der Waals surface area contributed by atoms with Gasteiger partial charge in [-0.15, -0.1) is 11.8 Å². The van der Waals surface area contributed by atoms with E-state index >= 15 is 0 Å². The zero-order valence-electron chi connectivity index (χ0n) is 20.9. The quantitative estimate of drug-likeness (QED) is 0.573. The van der Waals surface area contributed by atoms with E-state index in [1.165, 1.54) is 17.3 Å². The summed E-state index contributed by atoms with van der Waals surface area (Å²) in [6.07, 6.45) is 8.91. The van der Waals surface area contributed by atoms with Gasteiger partial charge in [-0.2, -0.15) is 0 Å². The van der Waals surface area contributed by atoms with Crippen molar-refractivity contribution in [2.75, 3.05) is 43.9 Å². The summed E-state index contributed by atoms with van der Waals surface area (Å²) in [4.78, 5) is 49.1. The predicted octanol–water partition coefficient (Wildman–Crippen LogP) is 4.02. The van der Waals surface area contributed by atoms with Gasteiger partial charge in [0.15, 0.2) is 0 Å². The lowest BCUT2D eigenvalue weighted by Crippen LogP contribution is -2.45. The second-order valence-corrected chi connectivity index (χ2v) is 11.0. The van der Waals surface area contributed by atoms with E-state index < -0.39 is 0 Å². The van der Waals surface area contributed by atoms with E-state index in [-0.39, 0.29) is 36.0 Å². The Balaban J connectivity index is 1.12. The predicted molar refractivity (Wildman–Crippen MR) is 141 cm³/mol. The Morgan fingerprint density at radius 2 is 1.64 bits per heavy atom. The van der Waals surface area contributed by atoms with Gasteiger partial charge in [-0.1, -0.05) is 18.2 Å². The van der Waals surface area contributed by atoms with Crippen LogP contribution in [0.1, 0.15) is 54.4 Å². The first-order valence-corrected chi connectivity index (χ1v) is 14.2. The maximum absolute atomic E-state index is 13.1. The van der Waals surface area contributed by atoms with Crippen molar-refractivity contribution >= 4 is 35.2 Å². The van der Waals surface area contributed by atoms with Gasteiger partial charge < -0.3 is 14.7 Å². The number of hydrogen-bond donors (Lipinski definition) is 0. The normalized spacial score (nSPS) is 18.9. The minimum absolute atomic E-state index is 0.0382. The number of fused-ring (bicyclic) bond motifs is 1. The molecule has 1 aromatic heterocycles. The Hall–Kier alpha value is -2.87. The highest BCUT2D eigenvalue weighted by atomic mass is 32.2. The smallest absolute Gasteiger partial charge is 0.256 e. The van der Waals surface area contributed by atoms with E-state index in [1.54, 1.807) is 6.20 Å². The van der Waals surface area contributed by atoms with Crippen molar-refractivity contribution in [3.8, 4) is 0 Å².